The molecule has 2 aliphatic carbocycles. The third-order valence-electron chi connectivity index (χ3n) is 7.01. The van der Waals surface area contributed by atoms with Crippen molar-refractivity contribution in [2.75, 3.05) is 26.1 Å². The van der Waals surface area contributed by atoms with Crippen molar-refractivity contribution >= 4 is 27.6 Å². The van der Waals surface area contributed by atoms with Crippen molar-refractivity contribution in [2.45, 2.75) is 43.5 Å². The van der Waals surface area contributed by atoms with Gasteiger partial charge in [-0.3, -0.25) is 9.29 Å². The lowest BCUT2D eigenvalue weighted by atomic mass is 10.2. The van der Waals surface area contributed by atoms with Gasteiger partial charge in [0.05, 0.1) is 19.2 Å². The van der Waals surface area contributed by atoms with Crippen LogP contribution < -0.4 is 14.2 Å². The van der Waals surface area contributed by atoms with Crippen LogP contribution in [0.4, 0.5) is 5.95 Å². The number of nitrogens with one attached hydrogen (secondary N) is 1. The van der Waals surface area contributed by atoms with Gasteiger partial charge in [-0.25, -0.2) is 18.4 Å². The first kappa shape index (κ1) is 24.7. The topological polar surface area (TPSA) is 130 Å². The van der Waals surface area contributed by atoms with Gasteiger partial charge >= 0.3 is 0 Å². The summed E-state index contributed by atoms with van der Waals surface area (Å²) in [6.45, 7) is 1.51. The van der Waals surface area contributed by atoms with Crippen molar-refractivity contribution in [2.24, 2.45) is 5.41 Å². The molecule has 0 radical (unpaired) electrons. The first-order chi connectivity index (χ1) is 17.2. The molecule has 0 bridgehead atoms. The maximum Gasteiger partial charge on any atom is 0.243 e. The van der Waals surface area contributed by atoms with E-state index >= 15 is 0 Å². The standard InChI is InChI=1S/C23H27ClN6O5S/c1-13(19(35-4)20-25-11-14(24)12-26-20)36(31,32)29-22-28-27-21(15-10-23(15)8-9-23)30(22)18-16(33-2)6-5-7-17(18)34-3/h5-7,11-13,15,19H,8-10H2,1-4H3,(H,28,29)/t13-,15-,19-/m0/s1. The molecule has 0 aliphatic heterocycles. The van der Waals surface area contributed by atoms with Gasteiger partial charge in [-0.15, -0.1) is 10.2 Å². The number of halogens is 1. The van der Waals surface area contributed by atoms with Crippen LogP contribution in [0.25, 0.3) is 5.69 Å². The van der Waals surface area contributed by atoms with Crippen LogP contribution in [0.1, 0.15) is 49.9 Å². The summed E-state index contributed by atoms with van der Waals surface area (Å²) >= 11 is 5.88. The van der Waals surface area contributed by atoms with Crippen molar-refractivity contribution in [1.29, 1.82) is 0 Å². The lowest BCUT2D eigenvalue weighted by molar-refractivity contribution is 0.0950. The van der Waals surface area contributed by atoms with E-state index in [0.29, 0.717) is 28.0 Å². The van der Waals surface area contributed by atoms with Crippen LogP contribution in [0, 0.1) is 5.41 Å². The van der Waals surface area contributed by atoms with Gasteiger partial charge in [-0.05, 0) is 43.7 Å². The second-order valence-electron chi connectivity index (χ2n) is 9.12. The fourth-order valence-corrected chi connectivity index (χ4v) is 5.87. The summed E-state index contributed by atoms with van der Waals surface area (Å²) < 4.78 is 48.1. The Morgan fingerprint density at radius 1 is 1.11 bits per heavy atom. The SMILES string of the molecule is COc1cccc(OC)c1-n1c(NS(=O)(=O)[C@@H](C)[C@H](OC)c2ncc(Cl)cn2)nnc1[C@@H]1CC12CC2. The highest BCUT2D eigenvalue weighted by atomic mass is 35.5. The average Bonchev–Trinajstić information content (AvgIpc) is 3.77. The predicted molar refractivity (Wildman–Crippen MR) is 132 cm³/mol. The molecule has 36 heavy (non-hydrogen) atoms. The van der Waals surface area contributed by atoms with Crippen molar-refractivity contribution in [3.05, 3.63) is 47.3 Å². The van der Waals surface area contributed by atoms with Crippen LogP contribution in [0.3, 0.4) is 0 Å². The van der Waals surface area contributed by atoms with E-state index in [9.17, 15) is 8.42 Å². The number of benzene rings is 1. The van der Waals surface area contributed by atoms with Crippen LogP contribution in [0.15, 0.2) is 30.6 Å². The number of aromatic nitrogens is 5. The number of para-hydroxylation sites is 1. The molecule has 11 nitrogen and oxygen atoms in total. The Kier molecular flexibility index (Phi) is 6.29. The van der Waals surface area contributed by atoms with Gasteiger partial charge in [0, 0.05) is 25.4 Å². The third kappa shape index (κ3) is 4.27. The zero-order valence-electron chi connectivity index (χ0n) is 20.3. The largest absolute Gasteiger partial charge is 0.494 e. The third-order valence-corrected chi connectivity index (χ3v) is 8.89. The molecule has 0 saturated heterocycles. The molecule has 2 aromatic heterocycles. The molecule has 3 aromatic rings. The molecule has 2 saturated carbocycles. The number of nitrogens with zero attached hydrogens (tertiary/aromatic N) is 5. The van der Waals surface area contributed by atoms with E-state index in [4.69, 9.17) is 25.8 Å². The monoisotopic (exact) mass is 534 g/mol. The van der Waals surface area contributed by atoms with Gasteiger partial charge in [-0.2, -0.15) is 0 Å². The summed E-state index contributed by atoms with van der Waals surface area (Å²) in [4.78, 5) is 8.27. The molecule has 5 rings (SSSR count). The van der Waals surface area contributed by atoms with Crippen molar-refractivity contribution in [1.82, 2.24) is 24.7 Å². The average molecular weight is 535 g/mol. The summed E-state index contributed by atoms with van der Waals surface area (Å²) in [6.07, 6.45) is 5.08. The Bertz CT molecular complexity index is 1350. The zero-order valence-corrected chi connectivity index (χ0v) is 21.9. The number of hydrogen-bond acceptors (Lipinski definition) is 9. The minimum Gasteiger partial charge on any atom is -0.494 e. The quantitative estimate of drug-likeness (QED) is 0.415. The normalized spacial score (nSPS) is 19.5. The second kappa shape index (κ2) is 9.16. The highest BCUT2D eigenvalue weighted by molar-refractivity contribution is 7.93. The summed E-state index contributed by atoms with van der Waals surface area (Å²) in [5.41, 5.74) is 0.774. The van der Waals surface area contributed by atoms with Crippen LogP contribution >= 0.6 is 11.6 Å². The molecule has 3 atom stereocenters. The van der Waals surface area contributed by atoms with Gasteiger partial charge in [0.2, 0.25) is 16.0 Å². The summed E-state index contributed by atoms with van der Waals surface area (Å²) in [7, 11) is 0.439. The van der Waals surface area contributed by atoms with Crippen LogP contribution in [-0.4, -0.2) is 59.7 Å². The molecule has 13 heteroatoms. The maximum atomic E-state index is 13.6. The molecule has 2 heterocycles. The molecular weight excluding hydrogens is 508 g/mol. The molecule has 192 valence electrons. The molecular formula is C23H27ClN6O5S. The Labute approximate surface area is 214 Å². The Morgan fingerprint density at radius 3 is 2.28 bits per heavy atom. The fourth-order valence-electron chi connectivity index (χ4n) is 4.65. The summed E-state index contributed by atoms with van der Waals surface area (Å²) in [5.74, 6) is 2.09. The summed E-state index contributed by atoms with van der Waals surface area (Å²) in [5, 5.41) is 7.94. The Hall–Kier alpha value is -2.96. The molecule has 2 fully saturated rings. The second-order valence-corrected chi connectivity index (χ2v) is 11.6. The van der Waals surface area contributed by atoms with E-state index < -0.39 is 21.4 Å². The minimum atomic E-state index is -4.05. The van der Waals surface area contributed by atoms with Crippen molar-refractivity contribution in [3.8, 4) is 17.2 Å². The van der Waals surface area contributed by atoms with Crippen molar-refractivity contribution in [3.63, 3.8) is 0 Å². The first-order valence-corrected chi connectivity index (χ1v) is 13.4. The highest BCUT2D eigenvalue weighted by Gasteiger charge is 2.65. The lowest BCUT2D eigenvalue weighted by Crippen LogP contribution is -2.33. The summed E-state index contributed by atoms with van der Waals surface area (Å²) in [6, 6.07) is 5.36. The van der Waals surface area contributed by atoms with E-state index in [0.717, 1.165) is 19.3 Å². The van der Waals surface area contributed by atoms with E-state index in [1.807, 2.05) is 0 Å². The maximum absolute atomic E-state index is 13.6. The number of sulfonamides is 1. The number of anilines is 1. The zero-order chi connectivity index (χ0) is 25.7. The highest BCUT2D eigenvalue weighted by Crippen LogP contribution is 2.75. The van der Waals surface area contributed by atoms with E-state index in [-0.39, 0.29) is 23.1 Å². The van der Waals surface area contributed by atoms with E-state index in [2.05, 4.69) is 24.9 Å². The molecule has 1 N–H and O–H groups in total. The van der Waals surface area contributed by atoms with Crippen LogP contribution in [0.2, 0.25) is 5.02 Å². The molecule has 0 unspecified atom stereocenters. The number of hydrogen-bond donors (Lipinski definition) is 1. The number of rotatable bonds is 10. The van der Waals surface area contributed by atoms with Gasteiger partial charge in [0.1, 0.15) is 34.4 Å². The van der Waals surface area contributed by atoms with Gasteiger partial charge in [-0.1, -0.05) is 17.7 Å². The van der Waals surface area contributed by atoms with E-state index in [1.165, 1.54) is 26.4 Å². The lowest BCUT2D eigenvalue weighted by Gasteiger charge is -2.23. The van der Waals surface area contributed by atoms with Crippen LogP contribution in [0.5, 0.6) is 11.5 Å². The smallest absolute Gasteiger partial charge is 0.243 e. The fraction of sp³-hybridized carbons (Fsp3) is 0.478. The number of methoxy groups -OCH3 is 3. The predicted octanol–water partition coefficient (Wildman–Crippen LogP) is 3.51. The van der Waals surface area contributed by atoms with Crippen LogP contribution in [-0.2, 0) is 14.8 Å². The van der Waals surface area contributed by atoms with Crippen molar-refractivity contribution < 1.29 is 22.6 Å². The number of ether oxygens (including phenoxy) is 3. The molecule has 1 spiro atoms. The molecule has 1 aromatic carbocycles. The van der Waals surface area contributed by atoms with Gasteiger partial charge in [0.15, 0.2) is 5.82 Å². The Morgan fingerprint density at radius 2 is 1.75 bits per heavy atom. The van der Waals surface area contributed by atoms with Gasteiger partial charge in [0.25, 0.3) is 0 Å². The first-order valence-electron chi connectivity index (χ1n) is 11.4. The van der Waals surface area contributed by atoms with E-state index in [1.54, 1.807) is 37.0 Å². The molecule has 0 amide bonds. The van der Waals surface area contributed by atoms with Gasteiger partial charge < -0.3 is 14.2 Å². The molecule has 2 aliphatic rings. The Balaban J connectivity index is 1.55. The minimum absolute atomic E-state index is 0.0363.